The first-order valence-electron chi connectivity index (χ1n) is 10.3. The highest BCUT2D eigenvalue weighted by Gasteiger charge is 2.52. The molecule has 4 amide bonds. The maximum Gasteiger partial charge on any atom is 0.325 e. The molecule has 162 valence electrons. The standard InChI is InChI=1S/C23H24FN3O3S/c1-2-12-23(16-8-4-3-5-9-16)21(29)27(22(30)25-23)15-19(28)26-13-14-31-20(26)17-10-6-7-11-18(17)24/h3-11,20H,2,12-15H2,1H3,(H,25,30)/t20-,23+/m1/s1. The molecule has 1 N–H and O–H groups in total. The molecule has 31 heavy (non-hydrogen) atoms. The van der Waals surface area contributed by atoms with Crippen molar-refractivity contribution in [1.29, 1.82) is 0 Å². The monoisotopic (exact) mass is 441 g/mol. The van der Waals surface area contributed by atoms with Gasteiger partial charge in [-0.3, -0.25) is 14.5 Å². The Balaban J connectivity index is 1.56. The summed E-state index contributed by atoms with van der Waals surface area (Å²) >= 11 is 1.47. The van der Waals surface area contributed by atoms with Crippen LogP contribution in [-0.4, -0.2) is 46.5 Å². The number of amides is 4. The van der Waals surface area contributed by atoms with Gasteiger partial charge in [0, 0.05) is 17.9 Å². The molecule has 2 aliphatic heterocycles. The predicted octanol–water partition coefficient (Wildman–Crippen LogP) is 3.65. The van der Waals surface area contributed by atoms with E-state index in [-0.39, 0.29) is 18.3 Å². The highest BCUT2D eigenvalue weighted by molar-refractivity contribution is 7.99. The first-order valence-corrected chi connectivity index (χ1v) is 11.4. The van der Waals surface area contributed by atoms with Gasteiger partial charge in [0.1, 0.15) is 23.3 Å². The number of hydrogen-bond acceptors (Lipinski definition) is 4. The van der Waals surface area contributed by atoms with Crippen molar-refractivity contribution < 1.29 is 18.8 Å². The number of imide groups is 1. The third-order valence-corrected chi connectivity index (χ3v) is 6.99. The Hall–Kier alpha value is -2.87. The molecule has 0 spiro atoms. The van der Waals surface area contributed by atoms with Gasteiger partial charge in [-0.25, -0.2) is 9.18 Å². The van der Waals surface area contributed by atoms with E-state index in [0.717, 1.165) is 4.90 Å². The van der Waals surface area contributed by atoms with Gasteiger partial charge in [-0.05, 0) is 18.1 Å². The summed E-state index contributed by atoms with van der Waals surface area (Å²) in [6, 6.07) is 14.9. The largest absolute Gasteiger partial charge is 0.325 e. The molecule has 0 saturated carbocycles. The van der Waals surface area contributed by atoms with Crippen LogP contribution in [0.15, 0.2) is 54.6 Å². The quantitative estimate of drug-likeness (QED) is 0.695. The number of carbonyl (C=O) groups is 3. The molecule has 2 atom stereocenters. The first kappa shape index (κ1) is 21.4. The van der Waals surface area contributed by atoms with Gasteiger partial charge in [0.05, 0.1) is 0 Å². The molecule has 2 fully saturated rings. The van der Waals surface area contributed by atoms with E-state index in [0.29, 0.717) is 36.3 Å². The van der Waals surface area contributed by atoms with Gasteiger partial charge >= 0.3 is 6.03 Å². The fraction of sp³-hybridized carbons (Fsp3) is 0.348. The maximum absolute atomic E-state index is 14.3. The topological polar surface area (TPSA) is 69.7 Å². The van der Waals surface area contributed by atoms with E-state index in [1.165, 1.54) is 17.8 Å². The molecule has 2 saturated heterocycles. The number of thioether (sulfide) groups is 1. The third kappa shape index (κ3) is 3.80. The number of halogens is 1. The highest BCUT2D eigenvalue weighted by atomic mass is 32.2. The molecule has 2 aromatic carbocycles. The number of benzene rings is 2. The molecule has 6 nitrogen and oxygen atoms in total. The Morgan fingerprint density at radius 2 is 1.87 bits per heavy atom. The number of nitrogens with zero attached hydrogens (tertiary/aromatic N) is 2. The summed E-state index contributed by atoms with van der Waals surface area (Å²) in [7, 11) is 0. The van der Waals surface area contributed by atoms with E-state index in [1.807, 2.05) is 37.3 Å². The number of hydrogen-bond donors (Lipinski definition) is 1. The van der Waals surface area contributed by atoms with E-state index < -0.39 is 22.9 Å². The van der Waals surface area contributed by atoms with Gasteiger partial charge in [-0.1, -0.05) is 61.9 Å². The summed E-state index contributed by atoms with van der Waals surface area (Å²) in [6.07, 6.45) is 1.12. The van der Waals surface area contributed by atoms with Crippen molar-refractivity contribution in [3.05, 3.63) is 71.5 Å². The molecule has 0 aliphatic carbocycles. The zero-order chi connectivity index (χ0) is 22.0. The average molecular weight is 442 g/mol. The van der Waals surface area contributed by atoms with Crippen LogP contribution in [0.4, 0.5) is 9.18 Å². The zero-order valence-electron chi connectivity index (χ0n) is 17.2. The van der Waals surface area contributed by atoms with Gasteiger partial charge in [0.2, 0.25) is 5.91 Å². The minimum absolute atomic E-state index is 0.367. The van der Waals surface area contributed by atoms with Crippen LogP contribution >= 0.6 is 11.8 Å². The molecule has 0 bridgehead atoms. The fourth-order valence-corrected chi connectivity index (χ4v) is 5.56. The number of rotatable bonds is 6. The molecule has 2 aromatic rings. The van der Waals surface area contributed by atoms with Crippen LogP contribution in [0.1, 0.15) is 36.3 Å². The Labute approximate surface area is 184 Å². The fourth-order valence-electron chi connectivity index (χ4n) is 4.26. The smallest absolute Gasteiger partial charge is 0.324 e. The van der Waals surface area contributed by atoms with E-state index in [1.54, 1.807) is 23.1 Å². The van der Waals surface area contributed by atoms with Crippen LogP contribution in [0.2, 0.25) is 0 Å². The first-order chi connectivity index (χ1) is 15.0. The number of nitrogens with one attached hydrogen (secondary N) is 1. The molecular formula is C23H24FN3O3S. The molecule has 0 aromatic heterocycles. The van der Waals surface area contributed by atoms with E-state index >= 15 is 0 Å². The Morgan fingerprint density at radius 1 is 1.16 bits per heavy atom. The molecule has 0 radical (unpaired) electrons. The van der Waals surface area contributed by atoms with Gasteiger partial charge in [-0.2, -0.15) is 0 Å². The molecule has 2 aliphatic rings. The molecule has 8 heteroatoms. The zero-order valence-corrected chi connectivity index (χ0v) is 18.0. The molecule has 0 unspecified atom stereocenters. The minimum atomic E-state index is -1.17. The molecule has 2 heterocycles. The minimum Gasteiger partial charge on any atom is -0.324 e. The van der Waals surface area contributed by atoms with Gasteiger partial charge in [0.25, 0.3) is 5.91 Å². The van der Waals surface area contributed by atoms with Gasteiger partial charge in [0.15, 0.2) is 0 Å². The van der Waals surface area contributed by atoms with Gasteiger partial charge < -0.3 is 10.2 Å². The normalized spacial score (nSPS) is 23.4. The summed E-state index contributed by atoms with van der Waals surface area (Å²) in [6.45, 7) is 2.01. The van der Waals surface area contributed by atoms with Crippen molar-refractivity contribution in [1.82, 2.24) is 15.1 Å². The van der Waals surface area contributed by atoms with Crippen molar-refractivity contribution >= 4 is 29.6 Å². The highest BCUT2D eigenvalue weighted by Crippen LogP contribution is 2.39. The van der Waals surface area contributed by atoms with Crippen molar-refractivity contribution in [3.8, 4) is 0 Å². The summed E-state index contributed by atoms with van der Waals surface area (Å²) in [5.74, 6) is -0.509. The second-order valence-corrected chi connectivity index (χ2v) is 8.86. The van der Waals surface area contributed by atoms with Crippen molar-refractivity contribution in [2.75, 3.05) is 18.8 Å². The second-order valence-electron chi connectivity index (χ2n) is 7.67. The Morgan fingerprint density at radius 3 is 2.58 bits per heavy atom. The lowest BCUT2D eigenvalue weighted by molar-refractivity contribution is -0.139. The van der Waals surface area contributed by atoms with E-state index in [4.69, 9.17) is 0 Å². The number of urea groups is 1. The van der Waals surface area contributed by atoms with Crippen LogP contribution in [0.3, 0.4) is 0 Å². The summed E-state index contributed by atoms with van der Waals surface area (Å²) in [4.78, 5) is 41.8. The van der Waals surface area contributed by atoms with Crippen LogP contribution in [0.5, 0.6) is 0 Å². The van der Waals surface area contributed by atoms with Gasteiger partial charge in [-0.15, -0.1) is 11.8 Å². The average Bonchev–Trinajstić information content (AvgIpc) is 3.35. The van der Waals surface area contributed by atoms with Crippen LogP contribution in [0.25, 0.3) is 0 Å². The van der Waals surface area contributed by atoms with Crippen molar-refractivity contribution in [3.63, 3.8) is 0 Å². The van der Waals surface area contributed by atoms with E-state index in [2.05, 4.69) is 5.32 Å². The van der Waals surface area contributed by atoms with Crippen molar-refractivity contribution in [2.45, 2.75) is 30.7 Å². The SMILES string of the molecule is CCC[C@@]1(c2ccccc2)NC(=O)N(CC(=O)N2CCS[C@@H]2c2ccccc2F)C1=O. The lowest BCUT2D eigenvalue weighted by atomic mass is 9.85. The van der Waals surface area contributed by atoms with Crippen molar-refractivity contribution in [2.24, 2.45) is 0 Å². The lowest BCUT2D eigenvalue weighted by Gasteiger charge is -2.28. The maximum atomic E-state index is 14.3. The van der Waals surface area contributed by atoms with Crippen LogP contribution in [-0.2, 0) is 15.1 Å². The lowest BCUT2D eigenvalue weighted by Crippen LogP contribution is -2.45. The second kappa shape index (κ2) is 8.70. The summed E-state index contributed by atoms with van der Waals surface area (Å²) < 4.78 is 14.3. The van der Waals surface area contributed by atoms with Crippen LogP contribution < -0.4 is 5.32 Å². The number of carbonyl (C=O) groups excluding carboxylic acids is 3. The molecular weight excluding hydrogens is 417 g/mol. The summed E-state index contributed by atoms with van der Waals surface area (Å²) in [5, 5.41) is 2.37. The summed E-state index contributed by atoms with van der Waals surface area (Å²) in [5.41, 5.74) is -0.0378. The Bertz CT molecular complexity index is 1000. The molecule has 4 rings (SSSR count). The van der Waals surface area contributed by atoms with E-state index in [9.17, 15) is 18.8 Å². The predicted molar refractivity (Wildman–Crippen MR) is 117 cm³/mol. The Kier molecular flexibility index (Phi) is 6.00. The third-order valence-electron chi connectivity index (χ3n) is 5.74. The van der Waals surface area contributed by atoms with Crippen LogP contribution in [0, 0.1) is 5.82 Å².